The molecule has 2 unspecified atom stereocenters. The summed E-state index contributed by atoms with van der Waals surface area (Å²) in [5.41, 5.74) is 3.63. The Morgan fingerprint density at radius 2 is 1.78 bits per heavy atom. The van der Waals surface area contributed by atoms with Gasteiger partial charge in [0.2, 0.25) is 0 Å². The highest BCUT2D eigenvalue weighted by Gasteiger charge is 2.19. The molecule has 18 heavy (non-hydrogen) atoms. The fourth-order valence-corrected chi connectivity index (χ4v) is 2.13. The van der Waals surface area contributed by atoms with Crippen molar-refractivity contribution in [2.75, 3.05) is 6.61 Å². The van der Waals surface area contributed by atoms with E-state index in [1.807, 2.05) is 20.8 Å². The standard InChI is InChI=1S/C15H20O.C2H6/c1-11(2)13-5-7-14(8-6-13)15-9-4-12(3)10-16-15;1-2/h5-8,12,15H,1,4,9-10H2,2-3H3;1-2H3. The second kappa shape index (κ2) is 7.38. The molecule has 0 saturated carbocycles. The molecule has 0 aliphatic carbocycles. The van der Waals surface area contributed by atoms with Gasteiger partial charge >= 0.3 is 0 Å². The molecule has 0 bridgehead atoms. The normalized spacial score (nSPS) is 22.9. The zero-order valence-corrected chi connectivity index (χ0v) is 12.2. The maximum absolute atomic E-state index is 5.85. The molecule has 0 aromatic heterocycles. The predicted octanol–water partition coefficient (Wildman–Crippen LogP) is 5.23. The highest BCUT2D eigenvalue weighted by atomic mass is 16.5. The molecular formula is C17H26O. The lowest BCUT2D eigenvalue weighted by molar-refractivity contribution is -0.0123. The lowest BCUT2D eigenvalue weighted by Crippen LogP contribution is -2.18. The summed E-state index contributed by atoms with van der Waals surface area (Å²) in [5.74, 6) is 0.714. The van der Waals surface area contributed by atoms with Gasteiger partial charge in [0.1, 0.15) is 0 Å². The van der Waals surface area contributed by atoms with Crippen molar-refractivity contribution in [1.82, 2.24) is 0 Å². The van der Waals surface area contributed by atoms with E-state index in [-0.39, 0.29) is 0 Å². The number of rotatable bonds is 2. The maximum atomic E-state index is 5.85. The minimum atomic E-state index is 0.301. The predicted molar refractivity (Wildman–Crippen MR) is 79.6 cm³/mol. The van der Waals surface area contributed by atoms with Crippen molar-refractivity contribution in [3.63, 3.8) is 0 Å². The van der Waals surface area contributed by atoms with Crippen LogP contribution in [0.4, 0.5) is 0 Å². The van der Waals surface area contributed by atoms with Crippen molar-refractivity contribution in [2.45, 2.75) is 46.6 Å². The van der Waals surface area contributed by atoms with Gasteiger partial charge in [0, 0.05) is 6.61 Å². The Labute approximate surface area is 112 Å². The van der Waals surface area contributed by atoms with Gasteiger partial charge in [-0.1, -0.05) is 57.2 Å². The summed E-state index contributed by atoms with van der Waals surface area (Å²) in [6.45, 7) is 13.1. The molecule has 0 N–H and O–H groups in total. The summed E-state index contributed by atoms with van der Waals surface area (Å²) in [4.78, 5) is 0. The molecule has 0 amide bonds. The first-order chi connectivity index (χ1) is 8.66. The van der Waals surface area contributed by atoms with Gasteiger partial charge in [-0.15, -0.1) is 0 Å². The molecule has 0 radical (unpaired) electrons. The third-order valence-corrected chi connectivity index (χ3v) is 3.28. The summed E-state index contributed by atoms with van der Waals surface area (Å²) in [7, 11) is 0. The molecule has 1 heteroatoms. The molecule has 1 aromatic rings. The summed E-state index contributed by atoms with van der Waals surface area (Å²) in [6, 6.07) is 8.62. The number of ether oxygens (including phenoxy) is 1. The summed E-state index contributed by atoms with van der Waals surface area (Å²) in [5, 5.41) is 0. The molecule has 2 rings (SSSR count). The van der Waals surface area contributed by atoms with Crippen LogP contribution in [0.25, 0.3) is 5.57 Å². The zero-order valence-electron chi connectivity index (χ0n) is 12.2. The van der Waals surface area contributed by atoms with E-state index in [0.717, 1.165) is 18.6 Å². The lowest BCUT2D eigenvalue weighted by atomic mass is 9.95. The first-order valence-electron chi connectivity index (χ1n) is 7.04. The average molecular weight is 246 g/mol. The molecule has 1 aliphatic heterocycles. The summed E-state index contributed by atoms with van der Waals surface area (Å²) >= 11 is 0. The van der Waals surface area contributed by atoms with E-state index in [1.165, 1.54) is 17.5 Å². The van der Waals surface area contributed by atoms with Crippen molar-refractivity contribution in [3.05, 3.63) is 42.0 Å². The topological polar surface area (TPSA) is 9.23 Å². The van der Waals surface area contributed by atoms with E-state index >= 15 is 0 Å². The number of hydrogen-bond acceptors (Lipinski definition) is 1. The molecule has 0 spiro atoms. The second-order valence-electron chi connectivity index (χ2n) is 4.91. The van der Waals surface area contributed by atoms with E-state index in [1.54, 1.807) is 0 Å². The average Bonchev–Trinajstić information content (AvgIpc) is 2.42. The van der Waals surface area contributed by atoms with Crippen LogP contribution in [0.3, 0.4) is 0 Å². The molecule has 1 aromatic carbocycles. The summed E-state index contributed by atoms with van der Waals surface area (Å²) < 4.78 is 5.85. The van der Waals surface area contributed by atoms with Gasteiger partial charge in [-0.05, 0) is 36.8 Å². The first kappa shape index (κ1) is 15.0. The van der Waals surface area contributed by atoms with E-state index in [9.17, 15) is 0 Å². The highest BCUT2D eigenvalue weighted by Crippen LogP contribution is 2.30. The minimum Gasteiger partial charge on any atom is -0.373 e. The van der Waals surface area contributed by atoms with Gasteiger partial charge in [0.05, 0.1) is 6.10 Å². The Balaban J connectivity index is 0.000000771. The third-order valence-electron chi connectivity index (χ3n) is 3.28. The minimum absolute atomic E-state index is 0.301. The Hall–Kier alpha value is -1.08. The molecule has 1 heterocycles. The second-order valence-corrected chi connectivity index (χ2v) is 4.91. The Bertz CT molecular complexity index is 356. The van der Waals surface area contributed by atoms with Crippen molar-refractivity contribution in [1.29, 1.82) is 0 Å². The lowest BCUT2D eigenvalue weighted by Gasteiger charge is -2.27. The summed E-state index contributed by atoms with van der Waals surface area (Å²) in [6.07, 6.45) is 2.72. The Kier molecular flexibility index (Phi) is 6.14. The van der Waals surface area contributed by atoms with Gasteiger partial charge in [0.25, 0.3) is 0 Å². The molecular weight excluding hydrogens is 220 g/mol. The van der Waals surface area contributed by atoms with Gasteiger partial charge in [0.15, 0.2) is 0 Å². The largest absolute Gasteiger partial charge is 0.373 e. The Morgan fingerprint density at radius 3 is 2.22 bits per heavy atom. The molecule has 2 atom stereocenters. The van der Waals surface area contributed by atoms with Crippen LogP contribution in [0.15, 0.2) is 30.8 Å². The zero-order chi connectivity index (χ0) is 13.5. The van der Waals surface area contributed by atoms with Crippen molar-refractivity contribution >= 4 is 5.57 Å². The van der Waals surface area contributed by atoms with Gasteiger partial charge < -0.3 is 4.74 Å². The number of hydrogen-bond donors (Lipinski definition) is 0. The number of benzene rings is 1. The fourth-order valence-electron chi connectivity index (χ4n) is 2.13. The highest BCUT2D eigenvalue weighted by molar-refractivity contribution is 5.61. The van der Waals surface area contributed by atoms with Crippen LogP contribution in [0, 0.1) is 5.92 Å². The monoisotopic (exact) mass is 246 g/mol. The van der Waals surface area contributed by atoms with Crippen LogP contribution in [0.2, 0.25) is 0 Å². The van der Waals surface area contributed by atoms with E-state index in [2.05, 4.69) is 37.8 Å². The van der Waals surface area contributed by atoms with Crippen LogP contribution < -0.4 is 0 Å². The molecule has 1 aliphatic rings. The number of allylic oxidation sites excluding steroid dienone is 1. The van der Waals surface area contributed by atoms with Crippen molar-refractivity contribution in [2.24, 2.45) is 5.92 Å². The molecule has 1 fully saturated rings. The Morgan fingerprint density at radius 1 is 1.17 bits per heavy atom. The molecule has 100 valence electrons. The van der Waals surface area contributed by atoms with Gasteiger partial charge in [-0.3, -0.25) is 0 Å². The van der Waals surface area contributed by atoms with E-state index in [4.69, 9.17) is 4.74 Å². The fraction of sp³-hybridized carbons (Fsp3) is 0.529. The van der Waals surface area contributed by atoms with Crippen LogP contribution >= 0.6 is 0 Å². The van der Waals surface area contributed by atoms with Crippen LogP contribution in [-0.2, 0) is 4.74 Å². The van der Waals surface area contributed by atoms with Crippen molar-refractivity contribution in [3.8, 4) is 0 Å². The first-order valence-corrected chi connectivity index (χ1v) is 7.04. The van der Waals surface area contributed by atoms with Crippen molar-refractivity contribution < 1.29 is 4.74 Å². The molecule has 1 saturated heterocycles. The SMILES string of the molecule is C=C(C)c1ccc(C2CCC(C)CO2)cc1.CC. The van der Waals surface area contributed by atoms with E-state index in [0.29, 0.717) is 12.0 Å². The van der Waals surface area contributed by atoms with Crippen LogP contribution in [0.1, 0.15) is 57.8 Å². The maximum Gasteiger partial charge on any atom is 0.0825 e. The van der Waals surface area contributed by atoms with Crippen LogP contribution in [-0.4, -0.2) is 6.61 Å². The molecule has 1 nitrogen and oxygen atoms in total. The quantitative estimate of drug-likeness (QED) is 0.694. The smallest absolute Gasteiger partial charge is 0.0825 e. The third kappa shape index (κ3) is 3.99. The van der Waals surface area contributed by atoms with Gasteiger partial charge in [-0.25, -0.2) is 0 Å². The van der Waals surface area contributed by atoms with Crippen LogP contribution in [0.5, 0.6) is 0 Å². The van der Waals surface area contributed by atoms with E-state index < -0.39 is 0 Å². The van der Waals surface area contributed by atoms with Gasteiger partial charge in [-0.2, -0.15) is 0 Å².